The molecule has 4 heteroatoms. The Morgan fingerprint density at radius 1 is 0.710 bits per heavy atom. The average molecular weight is 412 g/mol. The van der Waals surface area contributed by atoms with Crippen LogP contribution in [-0.2, 0) is 4.79 Å². The van der Waals surface area contributed by atoms with Gasteiger partial charge in [-0.3, -0.25) is 4.79 Å². The molecule has 0 radical (unpaired) electrons. The van der Waals surface area contributed by atoms with Crippen LogP contribution in [0, 0.1) is 0 Å². The first-order valence-electron chi connectivity index (χ1n) is 10.2. The molecule has 0 aromatic heterocycles. The van der Waals surface area contributed by atoms with Gasteiger partial charge in [0.25, 0.3) is 0 Å². The number of Topliss-reactive ketones (excluding diaryl/α,β-unsaturated/α-hetero) is 2. The second kappa shape index (κ2) is 8.60. The number of carbonyl (C=O) groups excluding carboxylic acids is 2. The van der Waals surface area contributed by atoms with Gasteiger partial charge >= 0.3 is 0 Å². The van der Waals surface area contributed by atoms with Crippen LogP contribution in [0.4, 0.5) is 0 Å². The van der Waals surface area contributed by atoms with Crippen LogP contribution in [0.25, 0.3) is 32.7 Å². The largest absolute Gasteiger partial charge is 0.496 e. The van der Waals surface area contributed by atoms with E-state index < -0.39 is 0 Å². The van der Waals surface area contributed by atoms with E-state index in [1.165, 1.54) is 6.92 Å². The van der Waals surface area contributed by atoms with Crippen molar-refractivity contribution < 1.29 is 19.1 Å². The van der Waals surface area contributed by atoms with Crippen molar-refractivity contribution in [3.05, 3.63) is 72.3 Å². The Labute approximate surface area is 181 Å². The minimum absolute atomic E-state index is 0.0178. The number of rotatable bonds is 7. The molecule has 0 amide bonds. The summed E-state index contributed by atoms with van der Waals surface area (Å²) in [5.74, 6) is 1.48. The average Bonchev–Trinajstić information content (AvgIpc) is 2.80. The fourth-order valence-electron chi connectivity index (χ4n) is 4.02. The molecule has 4 rings (SSSR count). The molecule has 4 aromatic carbocycles. The van der Waals surface area contributed by atoms with Gasteiger partial charge in [0.2, 0.25) is 0 Å². The van der Waals surface area contributed by atoms with Gasteiger partial charge in [-0.05, 0) is 46.7 Å². The molecule has 0 aliphatic heterocycles. The molecule has 4 aromatic rings. The van der Waals surface area contributed by atoms with Crippen LogP contribution >= 0.6 is 0 Å². The number of benzene rings is 4. The maximum atomic E-state index is 12.5. The van der Waals surface area contributed by atoms with Crippen molar-refractivity contribution in [2.75, 3.05) is 14.2 Å². The molecule has 0 saturated carbocycles. The summed E-state index contributed by atoms with van der Waals surface area (Å²) < 4.78 is 11.5. The number of fused-ring (bicyclic) bond motifs is 2. The second-order valence-corrected chi connectivity index (χ2v) is 7.57. The first-order valence-corrected chi connectivity index (χ1v) is 10.2. The Hall–Kier alpha value is -3.66. The third-order valence-electron chi connectivity index (χ3n) is 5.59. The highest BCUT2D eigenvalue weighted by Gasteiger charge is 2.19. The summed E-state index contributed by atoms with van der Waals surface area (Å²) in [6.45, 7) is 1.50. The minimum Gasteiger partial charge on any atom is -0.496 e. The fraction of sp³-hybridized carbons (Fsp3) is 0.185. The molecule has 0 bridgehead atoms. The predicted molar refractivity (Wildman–Crippen MR) is 124 cm³/mol. The number of ketones is 2. The lowest BCUT2D eigenvalue weighted by molar-refractivity contribution is -0.116. The number of carbonyl (C=O) groups is 2. The number of methoxy groups -OCH3 is 2. The molecule has 0 heterocycles. The molecule has 0 N–H and O–H groups in total. The van der Waals surface area contributed by atoms with E-state index in [4.69, 9.17) is 9.47 Å². The molecule has 0 aliphatic carbocycles. The molecule has 156 valence electrons. The molecule has 0 aliphatic rings. The highest BCUT2D eigenvalue weighted by molar-refractivity contribution is 6.11. The molecular formula is C27H24O4. The van der Waals surface area contributed by atoms with Crippen molar-refractivity contribution in [2.45, 2.75) is 19.8 Å². The van der Waals surface area contributed by atoms with Crippen molar-refractivity contribution in [3.63, 3.8) is 0 Å². The number of hydrogen-bond donors (Lipinski definition) is 0. The van der Waals surface area contributed by atoms with Crippen LogP contribution in [0.2, 0.25) is 0 Å². The zero-order valence-corrected chi connectivity index (χ0v) is 17.9. The summed E-state index contributed by atoms with van der Waals surface area (Å²) in [5.41, 5.74) is 2.49. The Bertz CT molecular complexity index is 1300. The maximum Gasteiger partial charge on any atom is 0.163 e. The standard InChI is InChI=1S/C27H24O4/c1-17(28)8-13-23(29)20-9-12-22-19(16-20)11-15-25(31-3)27(22)26-21-7-5-4-6-18(21)10-14-24(26)30-2/h4-7,9-12,14-16H,8,13H2,1-3H3. The molecule has 0 fully saturated rings. The lowest BCUT2D eigenvalue weighted by Gasteiger charge is -2.18. The third-order valence-corrected chi connectivity index (χ3v) is 5.59. The Morgan fingerprint density at radius 3 is 1.97 bits per heavy atom. The van der Waals surface area contributed by atoms with Crippen LogP contribution in [0.3, 0.4) is 0 Å². The predicted octanol–water partition coefficient (Wildman–Crippen LogP) is 6.23. The van der Waals surface area contributed by atoms with Crippen LogP contribution in [0.15, 0.2) is 66.7 Å². The van der Waals surface area contributed by atoms with E-state index >= 15 is 0 Å². The summed E-state index contributed by atoms with van der Waals surface area (Å²) in [6, 6.07) is 21.7. The van der Waals surface area contributed by atoms with Gasteiger partial charge in [0.1, 0.15) is 17.3 Å². The van der Waals surface area contributed by atoms with Gasteiger partial charge in [0, 0.05) is 29.5 Å². The number of ether oxygens (including phenoxy) is 2. The number of hydrogen-bond acceptors (Lipinski definition) is 4. The van der Waals surface area contributed by atoms with Gasteiger partial charge in [0.05, 0.1) is 14.2 Å². The van der Waals surface area contributed by atoms with Crippen LogP contribution in [0.1, 0.15) is 30.1 Å². The molecule has 0 atom stereocenters. The van der Waals surface area contributed by atoms with E-state index in [-0.39, 0.29) is 24.4 Å². The normalized spacial score (nSPS) is 10.9. The van der Waals surface area contributed by atoms with Crippen molar-refractivity contribution in [2.24, 2.45) is 0 Å². The van der Waals surface area contributed by atoms with E-state index in [0.717, 1.165) is 44.2 Å². The van der Waals surface area contributed by atoms with Crippen LogP contribution < -0.4 is 9.47 Å². The Kier molecular flexibility index (Phi) is 5.72. The van der Waals surface area contributed by atoms with Gasteiger partial charge in [-0.25, -0.2) is 0 Å². The zero-order valence-electron chi connectivity index (χ0n) is 17.9. The molecule has 31 heavy (non-hydrogen) atoms. The van der Waals surface area contributed by atoms with E-state index in [1.807, 2.05) is 54.6 Å². The SMILES string of the molecule is COc1ccc2ccccc2c1-c1c(OC)ccc2cc(C(=O)CCC(C)=O)ccc12. The summed E-state index contributed by atoms with van der Waals surface area (Å²) in [6.07, 6.45) is 0.485. The summed E-state index contributed by atoms with van der Waals surface area (Å²) in [5, 5.41) is 4.07. The lowest BCUT2D eigenvalue weighted by Crippen LogP contribution is -2.02. The monoisotopic (exact) mass is 412 g/mol. The van der Waals surface area contributed by atoms with Gasteiger partial charge in [-0.2, -0.15) is 0 Å². The van der Waals surface area contributed by atoms with Crippen molar-refractivity contribution in [1.29, 1.82) is 0 Å². The van der Waals surface area contributed by atoms with Gasteiger partial charge in [-0.15, -0.1) is 0 Å². The van der Waals surface area contributed by atoms with E-state index in [0.29, 0.717) is 5.56 Å². The summed E-state index contributed by atoms with van der Waals surface area (Å²) >= 11 is 0. The molecule has 0 saturated heterocycles. The van der Waals surface area contributed by atoms with Gasteiger partial charge in [0.15, 0.2) is 5.78 Å². The van der Waals surface area contributed by atoms with E-state index in [2.05, 4.69) is 12.1 Å². The molecular weight excluding hydrogens is 388 g/mol. The first-order chi connectivity index (χ1) is 15.0. The van der Waals surface area contributed by atoms with Crippen molar-refractivity contribution in [3.8, 4) is 22.6 Å². The topological polar surface area (TPSA) is 52.6 Å². The fourth-order valence-corrected chi connectivity index (χ4v) is 4.02. The third kappa shape index (κ3) is 3.89. The Morgan fingerprint density at radius 2 is 1.32 bits per heavy atom. The van der Waals surface area contributed by atoms with E-state index in [9.17, 15) is 9.59 Å². The molecule has 0 unspecified atom stereocenters. The Balaban J connectivity index is 1.95. The molecule has 4 nitrogen and oxygen atoms in total. The maximum absolute atomic E-state index is 12.5. The second-order valence-electron chi connectivity index (χ2n) is 7.57. The van der Waals surface area contributed by atoms with Crippen molar-refractivity contribution in [1.82, 2.24) is 0 Å². The van der Waals surface area contributed by atoms with Crippen molar-refractivity contribution >= 4 is 33.1 Å². The molecule has 0 spiro atoms. The smallest absolute Gasteiger partial charge is 0.163 e. The summed E-state index contributed by atoms with van der Waals surface area (Å²) in [4.78, 5) is 23.8. The quantitative estimate of drug-likeness (QED) is 0.338. The minimum atomic E-state index is -0.0304. The highest BCUT2D eigenvalue weighted by atomic mass is 16.5. The first kappa shape index (κ1) is 20.6. The highest BCUT2D eigenvalue weighted by Crippen LogP contribution is 2.45. The lowest BCUT2D eigenvalue weighted by atomic mass is 9.91. The van der Waals surface area contributed by atoms with Gasteiger partial charge < -0.3 is 14.3 Å². The van der Waals surface area contributed by atoms with E-state index in [1.54, 1.807) is 14.2 Å². The van der Waals surface area contributed by atoms with Crippen LogP contribution in [0.5, 0.6) is 11.5 Å². The summed E-state index contributed by atoms with van der Waals surface area (Å²) in [7, 11) is 3.32. The van der Waals surface area contributed by atoms with Crippen LogP contribution in [-0.4, -0.2) is 25.8 Å². The van der Waals surface area contributed by atoms with Gasteiger partial charge in [-0.1, -0.05) is 48.5 Å². The zero-order chi connectivity index (χ0) is 22.0.